The van der Waals surface area contributed by atoms with Crippen LogP contribution in [0.5, 0.6) is 0 Å². The highest BCUT2D eigenvalue weighted by molar-refractivity contribution is 6.01. The monoisotopic (exact) mass is 434 g/mol. The Morgan fingerprint density at radius 2 is 1.97 bits per heavy atom. The van der Waals surface area contributed by atoms with Gasteiger partial charge in [0.2, 0.25) is 5.78 Å². The number of fused-ring (bicyclic) bond motifs is 5. The Morgan fingerprint density at radius 1 is 1.29 bits per heavy atom. The molecule has 0 saturated heterocycles. The van der Waals surface area contributed by atoms with Crippen LogP contribution in [-0.2, 0) is 19.1 Å². The van der Waals surface area contributed by atoms with E-state index >= 15 is 4.39 Å². The van der Waals surface area contributed by atoms with Gasteiger partial charge in [0.25, 0.3) is 0 Å². The van der Waals surface area contributed by atoms with E-state index in [0.717, 1.165) is 0 Å². The lowest BCUT2D eigenvalue weighted by molar-refractivity contribution is -0.187. The molecule has 3 unspecified atom stereocenters. The second-order valence-electron chi connectivity index (χ2n) is 10.4. The van der Waals surface area contributed by atoms with Crippen molar-refractivity contribution in [3.05, 3.63) is 23.8 Å². The number of rotatable bonds is 3. The van der Waals surface area contributed by atoms with Gasteiger partial charge in [0.15, 0.2) is 12.4 Å². The zero-order valence-corrected chi connectivity index (χ0v) is 18.4. The third-order valence-electron chi connectivity index (χ3n) is 8.89. The lowest BCUT2D eigenvalue weighted by Crippen LogP contribution is -2.63. The molecule has 0 spiro atoms. The second-order valence-corrected chi connectivity index (χ2v) is 10.4. The van der Waals surface area contributed by atoms with Crippen molar-refractivity contribution in [1.82, 2.24) is 0 Å². The van der Waals surface area contributed by atoms with E-state index in [2.05, 4.69) is 0 Å². The number of allylic oxidation sites excluding steroid dienone is 4. The van der Waals surface area contributed by atoms with Crippen molar-refractivity contribution in [2.75, 3.05) is 6.61 Å². The summed E-state index contributed by atoms with van der Waals surface area (Å²) in [7, 11) is 0. The molecule has 2 N–H and O–H groups in total. The number of hydrogen-bond donors (Lipinski definition) is 2. The largest absolute Gasteiger partial charge is 0.458 e. The third-order valence-corrected chi connectivity index (χ3v) is 8.89. The van der Waals surface area contributed by atoms with E-state index < -0.39 is 53.0 Å². The maximum absolute atomic E-state index is 15.4. The number of ether oxygens (including phenoxy) is 1. The van der Waals surface area contributed by atoms with E-state index in [-0.39, 0.29) is 36.4 Å². The van der Waals surface area contributed by atoms with Crippen molar-refractivity contribution >= 4 is 17.5 Å². The average Bonchev–Trinajstić information content (AvgIpc) is 2.88. The number of Topliss-reactive ketones (excluding diaryl/α,β-unsaturated/α-hetero) is 1. The molecule has 31 heavy (non-hydrogen) atoms. The Labute approximate surface area is 181 Å². The van der Waals surface area contributed by atoms with Crippen molar-refractivity contribution < 1.29 is 33.7 Å². The van der Waals surface area contributed by atoms with Crippen molar-refractivity contribution in [1.29, 1.82) is 0 Å². The van der Waals surface area contributed by atoms with Crippen LogP contribution in [0.1, 0.15) is 47.0 Å². The number of alkyl halides is 1. The number of ketones is 2. The molecule has 0 amide bonds. The first kappa shape index (κ1) is 22.3. The van der Waals surface area contributed by atoms with Gasteiger partial charge in [-0.25, -0.2) is 4.39 Å². The van der Waals surface area contributed by atoms with Crippen molar-refractivity contribution in [2.24, 2.45) is 34.5 Å². The maximum Gasteiger partial charge on any atom is 0.303 e. The standard InChI is InChI=1S/C24H31FO6/c1-12-7-16-15-9-18(25)17-8-14(27)5-6-22(17,3)21(15)19(28)10-23(16,4)24(12,30)20(29)11-31-13(2)26/h5-6,8,12,15-16,18-19,21,28,30H,7,9-11H2,1-4H3/t12-,15?,16?,18+,19+,21?,22+,23+,24+/m1/s1. The number of aliphatic hydroxyl groups is 2. The molecule has 4 aliphatic rings. The van der Waals surface area contributed by atoms with Gasteiger partial charge in [-0.1, -0.05) is 26.8 Å². The van der Waals surface area contributed by atoms with Crippen LogP contribution in [0.3, 0.4) is 0 Å². The van der Waals surface area contributed by atoms with Crippen LogP contribution < -0.4 is 0 Å². The van der Waals surface area contributed by atoms with Gasteiger partial charge in [-0.15, -0.1) is 0 Å². The van der Waals surface area contributed by atoms with Crippen LogP contribution in [0.2, 0.25) is 0 Å². The Hall–Kier alpha value is -1.86. The molecule has 6 nitrogen and oxygen atoms in total. The second kappa shape index (κ2) is 7.07. The minimum atomic E-state index is -1.78. The number of hydrogen-bond acceptors (Lipinski definition) is 6. The molecule has 170 valence electrons. The normalized spacial score (nSPS) is 48.4. The number of halogens is 1. The molecule has 3 saturated carbocycles. The van der Waals surface area contributed by atoms with Crippen molar-refractivity contribution in [3.63, 3.8) is 0 Å². The van der Waals surface area contributed by atoms with Gasteiger partial charge in [-0.3, -0.25) is 14.4 Å². The molecular formula is C24H31FO6. The summed E-state index contributed by atoms with van der Waals surface area (Å²) in [6.07, 6.45) is 3.14. The Bertz CT molecular complexity index is 895. The van der Waals surface area contributed by atoms with E-state index in [9.17, 15) is 24.6 Å². The number of carbonyl (C=O) groups is 3. The molecule has 0 aromatic heterocycles. The predicted octanol–water partition coefficient (Wildman–Crippen LogP) is 2.32. The zero-order valence-electron chi connectivity index (χ0n) is 18.4. The Kier molecular flexibility index (Phi) is 5.10. The molecule has 0 aromatic carbocycles. The predicted molar refractivity (Wildman–Crippen MR) is 109 cm³/mol. The first-order chi connectivity index (χ1) is 14.4. The summed E-state index contributed by atoms with van der Waals surface area (Å²) in [6, 6.07) is 0. The molecule has 0 heterocycles. The molecular weight excluding hydrogens is 403 g/mol. The molecule has 0 bridgehead atoms. The van der Waals surface area contributed by atoms with E-state index in [0.29, 0.717) is 12.0 Å². The average molecular weight is 435 g/mol. The zero-order chi connectivity index (χ0) is 22.9. The number of esters is 1. The van der Waals surface area contributed by atoms with Crippen LogP contribution in [0.25, 0.3) is 0 Å². The minimum Gasteiger partial charge on any atom is -0.458 e. The molecule has 4 aliphatic carbocycles. The lowest BCUT2D eigenvalue weighted by Gasteiger charge is -2.60. The van der Waals surface area contributed by atoms with E-state index in [1.807, 2.05) is 6.92 Å². The molecule has 4 rings (SSSR count). The van der Waals surface area contributed by atoms with Crippen LogP contribution in [0.4, 0.5) is 4.39 Å². The van der Waals surface area contributed by atoms with Gasteiger partial charge < -0.3 is 14.9 Å². The van der Waals surface area contributed by atoms with E-state index in [4.69, 9.17) is 4.74 Å². The maximum atomic E-state index is 15.4. The van der Waals surface area contributed by atoms with Crippen molar-refractivity contribution in [3.8, 4) is 0 Å². The molecule has 0 radical (unpaired) electrons. The highest BCUT2D eigenvalue weighted by Gasteiger charge is 2.71. The highest BCUT2D eigenvalue weighted by atomic mass is 19.1. The quantitative estimate of drug-likeness (QED) is 0.661. The van der Waals surface area contributed by atoms with Gasteiger partial charge in [0, 0.05) is 23.7 Å². The first-order valence-electron chi connectivity index (χ1n) is 11.0. The van der Waals surface area contributed by atoms with Gasteiger partial charge in [0.1, 0.15) is 11.8 Å². The SMILES string of the molecule is CC(=O)OCC(=O)[C@@]1(O)[C@H](C)CC2C3C[C@H](F)C4=CC(=O)C=C[C@]4(C)C3[C@@H](O)C[C@@]21C. The van der Waals surface area contributed by atoms with Crippen molar-refractivity contribution in [2.45, 2.75) is 64.8 Å². The summed E-state index contributed by atoms with van der Waals surface area (Å²) in [6.45, 7) is 6.13. The fraction of sp³-hybridized carbons (Fsp3) is 0.708. The summed E-state index contributed by atoms with van der Waals surface area (Å²) in [5.74, 6) is -2.62. The smallest absolute Gasteiger partial charge is 0.303 e. The Morgan fingerprint density at radius 3 is 2.61 bits per heavy atom. The summed E-state index contributed by atoms with van der Waals surface area (Å²) in [5, 5.41) is 23.0. The number of aliphatic hydroxyl groups excluding tert-OH is 1. The minimum absolute atomic E-state index is 0.144. The van der Waals surface area contributed by atoms with Crippen LogP contribution in [0.15, 0.2) is 23.8 Å². The van der Waals surface area contributed by atoms with Crippen LogP contribution in [-0.4, -0.2) is 52.2 Å². The van der Waals surface area contributed by atoms with Crippen LogP contribution >= 0.6 is 0 Å². The third kappa shape index (κ3) is 2.92. The summed E-state index contributed by atoms with van der Waals surface area (Å²) < 4.78 is 20.2. The molecule has 3 fully saturated rings. The molecule has 0 aromatic rings. The number of carbonyl (C=O) groups excluding carboxylic acids is 3. The van der Waals surface area contributed by atoms with E-state index in [1.165, 1.54) is 19.1 Å². The summed E-state index contributed by atoms with van der Waals surface area (Å²) in [5.41, 5.74) is -3.13. The fourth-order valence-corrected chi connectivity index (χ4v) is 7.54. The van der Waals surface area contributed by atoms with Gasteiger partial charge in [-0.2, -0.15) is 0 Å². The molecule has 7 heteroatoms. The van der Waals surface area contributed by atoms with Gasteiger partial charge in [0.05, 0.1) is 6.10 Å². The van der Waals surface area contributed by atoms with Gasteiger partial charge in [-0.05, 0) is 54.7 Å². The first-order valence-corrected chi connectivity index (χ1v) is 11.0. The molecule has 0 aliphatic heterocycles. The fourth-order valence-electron chi connectivity index (χ4n) is 7.54. The summed E-state index contributed by atoms with van der Waals surface area (Å²) in [4.78, 5) is 36.2. The van der Waals surface area contributed by atoms with E-state index in [1.54, 1.807) is 19.9 Å². The van der Waals surface area contributed by atoms with Crippen LogP contribution in [0, 0.1) is 34.5 Å². The molecule has 9 atom stereocenters. The summed E-state index contributed by atoms with van der Waals surface area (Å²) >= 11 is 0. The Balaban J connectivity index is 1.74. The van der Waals surface area contributed by atoms with Gasteiger partial charge >= 0.3 is 5.97 Å². The topological polar surface area (TPSA) is 101 Å². The lowest BCUT2D eigenvalue weighted by atomic mass is 9.46. The highest BCUT2D eigenvalue weighted by Crippen LogP contribution is 2.68.